The van der Waals surface area contributed by atoms with E-state index in [1.165, 1.54) is 0 Å². The van der Waals surface area contributed by atoms with Gasteiger partial charge in [-0.15, -0.1) is 0 Å². The van der Waals surface area contributed by atoms with E-state index >= 15 is 0 Å². The summed E-state index contributed by atoms with van der Waals surface area (Å²) < 4.78 is 7.77. The highest BCUT2D eigenvalue weighted by atomic mass is 32.2. The summed E-state index contributed by atoms with van der Waals surface area (Å²) in [6, 6.07) is 4.10. The number of hydrogen-bond acceptors (Lipinski definition) is 4. The summed E-state index contributed by atoms with van der Waals surface area (Å²) in [5.41, 5.74) is 0. The topological polar surface area (TPSA) is 43.0 Å². The second kappa shape index (κ2) is 7.28. The highest BCUT2D eigenvalue weighted by Crippen LogP contribution is 2.13. The zero-order chi connectivity index (χ0) is 12.6. The predicted octanol–water partition coefficient (Wildman–Crippen LogP) is 2.52. The Morgan fingerprint density at radius 3 is 3.06 bits per heavy atom. The number of aromatic nitrogens is 2. The molecule has 0 spiro atoms. The van der Waals surface area contributed by atoms with Gasteiger partial charge < -0.3 is 14.3 Å². The monoisotopic (exact) mass is 265 g/mol. The van der Waals surface area contributed by atoms with Crippen LogP contribution in [0.3, 0.4) is 0 Å². The van der Waals surface area contributed by atoms with Crippen LogP contribution in [0.15, 0.2) is 35.3 Å². The molecule has 2 rings (SSSR count). The van der Waals surface area contributed by atoms with E-state index in [-0.39, 0.29) is 0 Å². The smallest absolute Gasteiger partial charge is 0.117 e. The molecule has 4 nitrogen and oxygen atoms in total. The fourth-order valence-electron chi connectivity index (χ4n) is 1.75. The maximum atomic E-state index is 5.68. The van der Waals surface area contributed by atoms with Gasteiger partial charge in [-0.1, -0.05) is 0 Å². The number of furan rings is 1. The van der Waals surface area contributed by atoms with Gasteiger partial charge in [-0.2, -0.15) is 11.8 Å². The molecule has 0 aromatic carbocycles. The molecule has 18 heavy (non-hydrogen) atoms. The molecule has 2 heterocycles. The molecule has 0 aliphatic rings. The van der Waals surface area contributed by atoms with E-state index in [9.17, 15) is 0 Å². The highest BCUT2D eigenvalue weighted by Gasteiger charge is 2.00. The number of nitrogens with one attached hydrogen (secondary N) is 1. The molecule has 0 aliphatic heterocycles. The Morgan fingerprint density at radius 2 is 2.28 bits per heavy atom. The Labute approximate surface area is 112 Å². The van der Waals surface area contributed by atoms with Gasteiger partial charge in [-0.3, -0.25) is 0 Å². The molecule has 98 valence electrons. The third-order valence-corrected chi connectivity index (χ3v) is 3.21. The maximum absolute atomic E-state index is 5.68. The summed E-state index contributed by atoms with van der Waals surface area (Å²) in [6.45, 7) is 2.79. The lowest BCUT2D eigenvalue weighted by atomic mass is 10.4. The van der Waals surface area contributed by atoms with Crippen LogP contribution in [-0.2, 0) is 18.8 Å². The number of thioether (sulfide) groups is 1. The number of aryl methyl sites for hydroxylation is 1. The van der Waals surface area contributed by atoms with Gasteiger partial charge in [-0.05, 0) is 31.4 Å². The first-order valence-electron chi connectivity index (χ1n) is 6.11. The minimum Gasteiger partial charge on any atom is -0.464 e. The highest BCUT2D eigenvalue weighted by molar-refractivity contribution is 7.97. The molecule has 0 aliphatic carbocycles. The van der Waals surface area contributed by atoms with E-state index in [1.54, 1.807) is 11.8 Å². The number of hydrogen-bond donors (Lipinski definition) is 1. The molecule has 1 N–H and O–H groups in total. The van der Waals surface area contributed by atoms with Crippen LogP contribution in [0.2, 0.25) is 0 Å². The number of rotatable bonds is 8. The molecule has 2 aromatic rings. The molecule has 0 saturated heterocycles. The summed E-state index contributed by atoms with van der Waals surface area (Å²) in [6.07, 6.45) is 8.82. The van der Waals surface area contributed by atoms with Gasteiger partial charge in [-0.25, -0.2) is 4.98 Å². The maximum Gasteiger partial charge on any atom is 0.117 e. The lowest BCUT2D eigenvalue weighted by molar-refractivity contribution is 0.455. The van der Waals surface area contributed by atoms with Crippen molar-refractivity contribution in [2.24, 2.45) is 0 Å². The van der Waals surface area contributed by atoms with E-state index in [1.807, 2.05) is 18.7 Å². The van der Waals surface area contributed by atoms with Crippen LogP contribution in [0.4, 0.5) is 0 Å². The summed E-state index contributed by atoms with van der Waals surface area (Å²) in [7, 11) is 0. The normalized spacial score (nSPS) is 10.9. The Balaban J connectivity index is 1.59. The van der Waals surface area contributed by atoms with Crippen molar-refractivity contribution in [3.8, 4) is 0 Å². The predicted molar refractivity (Wildman–Crippen MR) is 74.5 cm³/mol. The van der Waals surface area contributed by atoms with E-state index < -0.39 is 0 Å². The zero-order valence-corrected chi connectivity index (χ0v) is 11.4. The number of nitrogens with zero attached hydrogens (tertiary/aromatic N) is 2. The summed E-state index contributed by atoms with van der Waals surface area (Å²) in [5.74, 6) is 3.01. The van der Waals surface area contributed by atoms with Gasteiger partial charge in [0, 0.05) is 18.9 Å². The van der Waals surface area contributed by atoms with Crippen LogP contribution >= 0.6 is 11.8 Å². The Hall–Kier alpha value is -1.20. The van der Waals surface area contributed by atoms with E-state index in [0.717, 1.165) is 43.3 Å². The van der Waals surface area contributed by atoms with Crippen LogP contribution in [0.1, 0.15) is 17.9 Å². The summed E-state index contributed by atoms with van der Waals surface area (Å²) in [4.78, 5) is 4.01. The van der Waals surface area contributed by atoms with Crippen LogP contribution in [0.5, 0.6) is 0 Å². The molecule has 2 aromatic heterocycles. The summed E-state index contributed by atoms with van der Waals surface area (Å²) in [5, 5.41) is 3.39. The first-order chi connectivity index (χ1) is 8.88. The molecule has 0 amide bonds. The van der Waals surface area contributed by atoms with Crippen LogP contribution in [-0.4, -0.2) is 22.4 Å². The molecule has 0 fully saturated rings. The van der Waals surface area contributed by atoms with Crippen molar-refractivity contribution in [2.75, 3.05) is 12.8 Å². The van der Waals surface area contributed by atoms with Crippen LogP contribution in [0.25, 0.3) is 0 Å². The van der Waals surface area contributed by atoms with Crippen LogP contribution < -0.4 is 5.32 Å². The van der Waals surface area contributed by atoms with Crippen molar-refractivity contribution in [1.82, 2.24) is 14.9 Å². The van der Waals surface area contributed by atoms with E-state index in [4.69, 9.17) is 4.42 Å². The molecule has 0 saturated carbocycles. The Morgan fingerprint density at radius 1 is 1.39 bits per heavy atom. The SMILES string of the molecule is CSCc1ccc(CNCCCn2ccnc2)o1. The van der Waals surface area contributed by atoms with Gasteiger partial charge >= 0.3 is 0 Å². The fraction of sp³-hybridized carbons (Fsp3) is 0.462. The lowest BCUT2D eigenvalue weighted by Crippen LogP contribution is -2.15. The Bertz CT molecular complexity index is 439. The Kier molecular flexibility index (Phi) is 5.36. The van der Waals surface area contributed by atoms with Crippen molar-refractivity contribution in [1.29, 1.82) is 0 Å². The van der Waals surface area contributed by atoms with Crippen molar-refractivity contribution < 1.29 is 4.42 Å². The van der Waals surface area contributed by atoms with E-state index in [0.29, 0.717) is 0 Å². The van der Waals surface area contributed by atoms with Gasteiger partial charge in [0.05, 0.1) is 18.6 Å². The second-order valence-electron chi connectivity index (χ2n) is 4.13. The second-order valence-corrected chi connectivity index (χ2v) is 5.00. The van der Waals surface area contributed by atoms with Gasteiger partial charge in [0.25, 0.3) is 0 Å². The van der Waals surface area contributed by atoms with Crippen LogP contribution in [0, 0.1) is 0 Å². The standard InChI is InChI=1S/C13H19N3OS/c1-18-10-13-4-3-12(17-13)9-14-5-2-7-16-8-6-15-11-16/h3-4,6,8,11,14H,2,5,7,9-10H2,1H3. The molecule has 0 atom stereocenters. The van der Waals surface area contributed by atoms with Gasteiger partial charge in [0.1, 0.15) is 11.5 Å². The zero-order valence-electron chi connectivity index (χ0n) is 10.6. The minimum absolute atomic E-state index is 0.804. The molecule has 0 radical (unpaired) electrons. The van der Waals surface area contributed by atoms with E-state index in [2.05, 4.69) is 33.3 Å². The minimum atomic E-state index is 0.804. The van der Waals surface area contributed by atoms with Crippen molar-refractivity contribution in [3.63, 3.8) is 0 Å². The average Bonchev–Trinajstić information content (AvgIpc) is 3.01. The van der Waals surface area contributed by atoms with Crippen molar-refractivity contribution >= 4 is 11.8 Å². The fourth-order valence-corrected chi connectivity index (χ4v) is 2.19. The molecular weight excluding hydrogens is 246 g/mol. The largest absolute Gasteiger partial charge is 0.464 e. The molecular formula is C13H19N3OS. The molecule has 0 bridgehead atoms. The average molecular weight is 265 g/mol. The molecule has 0 unspecified atom stereocenters. The summed E-state index contributed by atoms with van der Waals surface area (Å²) >= 11 is 1.78. The first kappa shape index (κ1) is 13.2. The number of imidazole rings is 1. The quantitative estimate of drug-likeness (QED) is 0.745. The van der Waals surface area contributed by atoms with Crippen molar-refractivity contribution in [3.05, 3.63) is 42.4 Å². The third-order valence-electron chi connectivity index (χ3n) is 2.63. The van der Waals surface area contributed by atoms with Crippen molar-refractivity contribution in [2.45, 2.75) is 25.3 Å². The van der Waals surface area contributed by atoms with Gasteiger partial charge in [0.15, 0.2) is 0 Å². The molecule has 5 heteroatoms. The van der Waals surface area contributed by atoms with Gasteiger partial charge in [0.2, 0.25) is 0 Å². The third kappa shape index (κ3) is 4.23. The first-order valence-corrected chi connectivity index (χ1v) is 7.51. The lowest BCUT2D eigenvalue weighted by Gasteiger charge is -2.03.